The zero-order chi connectivity index (χ0) is 22.0. The third-order valence-electron chi connectivity index (χ3n) is 4.51. The lowest BCUT2D eigenvalue weighted by Crippen LogP contribution is -2.15. The molecule has 0 aliphatic heterocycles. The molecule has 2 heterocycles. The second-order valence-electron chi connectivity index (χ2n) is 6.63. The number of anilines is 1. The Morgan fingerprint density at radius 3 is 2.65 bits per heavy atom. The van der Waals surface area contributed by atoms with E-state index in [0.29, 0.717) is 33.0 Å². The average molecular weight is 455 g/mol. The van der Waals surface area contributed by atoms with Crippen molar-refractivity contribution in [3.05, 3.63) is 70.2 Å². The van der Waals surface area contributed by atoms with E-state index in [1.54, 1.807) is 49.2 Å². The molecule has 0 radical (unpaired) electrons. The van der Waals surface area contributed by atoms with Crippen LogP contribution in [0, 0.1) is 6.92 Å². The summed E-state index contributed by atoms with van der Waals surface area (Å²) < 4.78 is 12.3. The highest BCUT2D eigenvalue weighted by Crippen LogP contribution is 2.33. The molecule has 0 unspecified atom stereocenters. The van der Waals surface area contributed by atoms with Gasteiger partial charge in [0, 0.05) is 27.6 Å². The monoisotopic (exact) mass is 454 g/mol. The molecule has 1 N–H and O–H groups in total. The number of benzene rings is 2. The quantitative estimate of drug-likeness (QED) is 0.431. The molecule has 4 aromatic rings. The Morgan fingerprint density at radius 2 is 1.90 bits per heavy atom. The number of nitrogens with one attached hydrogen (secondary N) is 1. The summed E-state index contributed by atoms with van der Waals surface area (Å²) in [6, 6.07) is 14.2. The van der Waals surface area contributed by atoms with Gasteiger partial charge in [0.05, 0.1) is 25.6 Å². The first-order valence-corrected chi connectivity index (χ1v) is 10.6. The number of thiazole rings is 1. The number of nitrogens with zero attached hydrogens (tertiary/aromatic N) is 3. The van der Waals surface area contributed by atoms with Gasteiger partial charge in [-0.2, -0.15) is 9.78 Å². The van der Waals surface area contributed by atoms with Crippen LogP contribution in [0.3, 0.4) is 0 Å². The molecular weight excluding hydrogens is 436 g/mol. The molecule has 0 spiro atoms. The van der Waals surface area contributed by atoms with Crippen molar-refractivity contribution in [1.82, 2.24) is 14.8 Å². The van der Waals surface area contributed by atoms with E-state index < -0.39 is 0 Å². The highest BCUT2D eigenvalue weighted by molar-refractivity contribution is 7.12. The predicted molar refractivity (Wildman–Crippen MR) is 122 cm³/mol. The molecule has 9 heteroatoms. The maximum absolute atomic E-state index is 12.7. The van der Waals surface area contributed by atoms with Gasteiger partial charge in [0.1, 0.15) is 5.82 Å². The topological polar surface area (TPSA) is 78.3 Å². The third kappa shape index (κ3) is 4.40. The number of carbonyl (C=O) groups is 1. The number of halogens is 1. The van der Waals surface area contributed by atoms with Crippen molar-refractivity contribution in [2.24, 2.45) is 0 Å². The van der Waals surface area contributed by atoms with Crippen LogP contribution in [0.15, 0.2) is 53.9 Å². The number of carbonyl (C=O) groups excluding carboxylic acids is 1. The smallest absolute Gasteiger partial charge is 0.256 e. The Bertz CT molecular complexity index is 1250. The third-order valence-corrected chi connectivity index (χ3v) is 5.56. The van der Waals surface area contributed by atoms with Crippen LogP contribution >= 0.6 is 22.9 Å². The van der Waals surface area contributed by atoms with Crippen LogP contribution in [0.5, 0.6) is 11.5 Å². The van der Waals surface area contributed by atoms with Gasteiger partial charge >= 0.3 is 0 Å². The summed E-state index contributed by atoms with van der Waals surface area (Å²) in [6.07, 6.45) is 0. The van der Waals surface area contributed by atoms with E-state index in [2.05, 4.69) is 10.4 Å². The minimum absolute atomic E-state index is 0.277. The predicted octanol–water partition coefficient (Wildman–Crippen LogP) is 5.23. The maximum Gasteiger partial charge on any atom is 0.256 e. The van der Waals surface area contributed by atoms with Gasteiger partial charge in [-0.3, -0.25) is 4.79 Å². The number of ether oxygens (including phenoxy) is 2. The van der Waals surface area contributed by atoms with Crippen molar-refractivity contribution in [1.29, 1.82) is 0 Å². The fourth-order valence-corrected chi connectivity index (χ4v) is 4.03. The number of amides is 1. The van der Waals surface area contributed by atoms with Crippen LogP contribution in [0.1, 0.15) is 16.1 Å². The summed E-state index contributed by atoms with van der Waals surface area (Å²) in [5.74, 6) is 1.52. The Hall–Kier alpha value is -3.36. The average Bonchev–Trinajstić information content (AvgIpc) is 3.39. The van der Waals surface area contributed by atoms with Crippen LogP contribution in [0.4, 0.5) is 5.82 Å². The van der Waals surface area contributed by atoms with Gasteiger partial charge in [-0.05, 0) is 43.3 Å². The zero-order valence-electron chi connectivity index (χ0n) is 17.0. The number of hydrogen-bond donors (Lipinski definition) is 1. The lowest BCUT2D eigenvalue weighted by atomic mass is 10.1. The summed E-state index contributed by atoms with van der Waals surface area (Å²) in [5.41, 5.74) is 2.86. The Kier molecular flexibility index (Phi) is 5.92. The van der Waals surface area contributed by atoms with Crippen molar-refractivity contribution in [3.8, 4) is 27.9 Å². The zero-order valence-corrected chi connectivity index (χ0v) is 18.6. The van der Waals surface area contributed by atoms with Crippen molar-refractivity contribution in [2.45, 2.75) is 6.92 Å². The molecule has 158 valence electrons. The number of methoxy groups -OCH3 is 2. The first kappa shape index (κ1) is 20.9. The lowest BCUT2D eigenvalue weighted by Gasteiger charge is -2.08. The summed E-state index contributed by atoms with van der Waals surface area (Å²) in [7, 11) is 3.19. The molecule has 0 saturated carbocycles. The van der Waals surface area contributed by atoms with Gasteiger partial charge in [-0.15, -0.1) is 11.3 Å². The normalized spacial score (nSPS) is 10.7. The highest BCUT2D eigenvalue weighted by atomic mass is 35.5. The molecule has 31 heavy (non-hydrogen) atoms. The molecule has 0 saturated heterocycles. The molecule has 2 aromatic heterocycles. The molecule has 7 nitrogen and oxygen atoms in total. The fourth-order valence-electron chi connectivity index (χ4n) is 3.04. The minimum atomic E-state index is -0.277. The molecule has 0 atom stereocenters. The van der Waals surface area contributed by atoms with Crippen molar-refractivity contribution in [3.63, 3.8) is 0 Å². The van der Waals surface area contributed by atoms with Gasteiger partial charge in [0.25, 0.3) is 5.91 Å². The number of rotatable bonds is 6. The SMILES string of the molecule is COc1ccc(-c2csc(-n3nc(C)cc3NC(=O)c3cccc(Cl)c3)n2)cc1OC. The molecule has 1 amide bonds. The minimum Gasteiger partial charge on any atom is -0.493 e. The highest BCUT2D eigenvalue weighted by Gasteiger charge is 2.16. The van der Waals surface area contributed by atoms with Gasteiger partial charge in [0.2, 0.25) is 5.13 Å². The van der Waals surface area contributed by atoms with E-state index in [1.807, 2.05) is 30.5 Å². The summed E-state index contributed by atoms with van der Waals surface area (Å²) in [5, 5.41) is 10.4. The van der Waals surface area contributed by atoms with Crippen LogP contribution < -0.4 is 14.8 Å². The number of hydrogen-bond acceptors (Lipinski definition) is 6. The van der Waals surface area contributed by atoms with Gasteiger partial charge in [-0.25, -0.2) is 4.98 Å². The van der Waals surface area contributed by atoms with Crippen molar-refractivity contribution < 1.29 is 14.3 Å². The van der Waals surface area contributed by atoms with E-state index in [-0.39, 0.29) is 5.91 Å². The standard InChI is InChI=1S/C22H19ClN4O3S/c1-13-9-20(25-21(28)15-5-4-6-16(23)10-15)27(26-13)22-24-17(12-31-22)14-7-8-18(29-2)19(11-14)30-3/h4-12H,1-3H3,(H,25,28). The summed E-state index contributed by atoms with van der Waals surface area (Å²) in [4.78, 5) is 17.4. The second-order valence-corrected chi connectivity index (χ2v) is 7.91. The first-order chi connectivity index (χ1) is 15.0. The number of aromatic nitrogens is 3. The fraction of sp³-hybridized carbons (Fsp3) is 0.136. The van der Waals surface area contributed by atoms with Gasteiger partial charge in [-0.1, -0.05) is 17.7 Å². The summed E-state index contributed by atoms with van der Waals surface area (Å²) in [6.45, 7) is 1.86. The summed E-state index contributed by atoms with van der Waals surface area (Å²) >= 11 is 7.42. The van der Waals surface area contributed by atoms with Gasteiger partial charge in [0.15, 0.2) is 11.5 Å². The molecule has 0 fully saturated rings. The Balaban J connectivity index is 1.63. The van der Waals surface area contributed by atoms with Crippen LogP contribution in [0.2, 0.25) is 5.02 Å². The maximum atomic E-state index is 12.7. The molecular formula is C22H19ClN4O3S. The molecule has 4 rings (SSSR count). The van der Waals surface area contributed by atoms with E-state index in [9.17, 15) is 4.79 Å². The van der Waals surface area contributed by atoms with Gasteiger partial charge < -0.3 is 14.8 Å². The van der Waals surface area contributed by atoms with E-state index in [4.69, 9.17) is 26.1 Å². The lowest BCUT2D eigenvalue weighted by molar-refractivity contribution is 0.102. The Labute approximate surface area is 188 Å². The van der Waals surface area contributed by atoms with Crippen LogP contribution in [0.25, 0.3) is 16.4 Å². The van der Waals surface area contributed by atoms with Crippen LogP contribution in [-0.2, 0) is 0 Å². The molecule has 0 bridgehead atoms. The second kappa shape index (κ2) is 8.79. The van der Waals surface area contributed by atoms with E-state index in [1.165, 1.54) is 11.3 Å². The Morgan fingerprint density at radius 1 is 1.10 bits per heavy atom. The van der Waals surface area contributed by atoms with Crippen molar-refractivity contribution in [2.75, 3.05) is 19.5 Å². The number of aryl methyl sites for hydroxylation is 1. The van der Waals surface area contributed by atoms with Crippen molar-refractivity contribution >= 4 is 34.7 Å². The van der Waals surface area contributed by atoms with Crippen LogP contribution in [-0.4, -0.2) is 34.9 Å². The first-order valence-electron chi connectivity index (χ1n) is 9.30. The van der Waals surface area contributed by atoms with E-state index in [0.717, 1.165) is 17.0 Å². The molecule has 0 aliphatic carbocycles. The van der Waals surface area contributed by atoms with E-state index >= 15 is 0 Å². The largest absolute Gasteiger partial charge is 0.493 e. The molecule has 2 aromatic carbocycles. The molecule has 0 aliphatic rings.